The van der Waals surface area contributed by atoms with Crippen LogP contribution in [0, 0.1) is 5.92 Å². The third-order valence-electron chi connectivity index (χ3n) is 6.44. The van der Waals surface area contributed by atoms with E-state index in [4.69, 9.17) is 0 Å². The number of aliphatic carboxylic acids is 1. The zero-order valence-corrected chi connectivity index (χ0v) is 23.2. The van der Waals surface area contributed by atoms with Crippen LogP contribution in [0.5, 0.6) is 0 Å². The molecule has 2 heterocycles. The van der Waals surface area contributed by atoms with Crippen molar-refractivity contribution in [3.8, 4) is 0 Å². The third-order valence-corrected chi connectivity index (χ3v) is 8.93. The number of pyridine rings is 1. The van der Waals surface area contributed by atoms with Crippen molar-refractivity contribution in [3.05, 3.63) is 96.3 Å². The normalized spacial score (nSPS) is 18.3. The number of benzene rings is 2. The number of thioether (sulfide) groups is 2. The van der Waals surface area contributed by atoms with Gasteiger partial charge in [0.1, 0.15) is 17.5 Å². The first-order valence-electron chi connectivity index (χ1n) is 12.5. The summed E-state index contributed by atoms with van der Waals surface area (Å²) in [5.41, 5.74) is 1.82. The van der Waals surface area contributed by atoms with E-state index in [2.05, 4.69) is 4.98 Å². The maximum absolute atomic E-state index is 14.0. The van der Waals surface area contributed by atoms with Crippen LogP contribution in [0.1, 0.15) is 35.1 Å². The van der Waals surface area contributed by atoms with Crippen molar-refractivity contribution in [2.45, 2.75) is 31.3 Å². The Morgan fingerprint density at radius 3 is 2.23 bits per heavy atom. The van der Waals surface area contributed by atoms with E-state index < -0.39 is 35.3 Å². The predicted octanol–water partition coefficient (Wildman–Crippen LogP) is 4.74. The zero-order chi connectivity index (χ0) is 27.9. The van der Waals surface area contributed by atoms with Crippen molar-refractivity contribution in [3.63, 3.8) is 0 Å². The Morgan fingerprint density at radius 2 is 1.62 bits per heavy atom. The van der Waals surface area contributed by atoms with E-state index in [1.807, 2.05) is 6.07 Å². The van der Waals surface area contributed by atoms with E-state index >= 15 is 0 Å². The Kier molecular flexibility index (Phi) is 9.42. The second-order valence-electron chi connectivity index (χ2n) is 9.15. The van der Waals surface area contributed by atoms with Gasteiger partial charge in [0.15, 0.2) is 0 Å². The lowest BCUT2D eigenvalue weighted by atomic mass is 10.1. The molecule has 2 aromatic carbocycles. The summed E-state index contributed by atoms with van der Waals surface area (Å²) in [6, 6.07) is 19.1. The number of nitrogens with zero attached hydrogens (tertiary/aromatic N) is 3. The van der Waals surface area contributed by atoms with Gasteiger partial charge in [0.05, 0.1) is 0 Å². The van der Waals surface area contributed by atoms with E-state index in [0.29, 0.717) is 17.0 Å². The van der Waals surface area contributed by atoms with E-state index in [-0.39, 0.29) is 16.8 Å². The summed E-state index contributed by atoms with van der Waals surface area (Å²) in [5, 5.41) is 9.21. The summed E-state index contributed by atoms with van der Waals surface area (Å²) < 4.78 is 0. The first-order valence-corrected chi connectivity index (χ1v) is 14.5. The summed E-state index contributed by atoms with van der Waals surface area (Å²) in [7, 11) is 0. The number of amides is 2. The molecule has 2 amide bonds. The molecule has 1 aliphatic rings. The summed E-state index contributed by atoms with van der Waals surface area (Å²) in [4.78, 5) is 59.5. The van der Waals surface area contributed by atoms with Crippen LogP contribution in [0.3, 0.4) is 0 Å². The van der Waals surface area contributed by atoms with Crippen molar-refractivity contribution >= 4 is 52.1 Å². The quantitative estimate of drug-likeness (QED) is 0.398. The fraction of sp³-hybridized carbons (Fsp3) is 0.276. The topological polar surface area (TPSA) is 108 Å². The van der Waals surface area contributed by atoms with Crippen molar-refractivity contribution in [1.29, 1.82) is 0 Å². The van der Waals surface area contributed by atoms with Crippen LogP contribution >= 0.6 is 23.5 Å². The number of aromatic nitrogens is 1. The lowest BCUT2D eigenvalue weighted by molar-refractivity contribution is -0.143. The molecule has 4 atom stereocenters. The Balaban J connectivity index is 1.62. The molecular weight excluding hydrogens is 534 g/mol. The van der Waals surface area contributed by atoms with E-state index in [1.54, 1.807) is 90.9 Å². The van der Waals surface area contributed by atoms with Gasteiger partial charge in [0, 0.05) is 41.1 Å². The molecule has 39 heavy (non-hydrogen) atoms. The molecule has 1 unspecified atom stereocenters. The molecular formula is C29H29N3O5S2. The molecule has 1 N–H and O–H groups in total. The SMILES string of the molecule is C[C@H](CSC(=O)c1ccccc1)C(=O)N1C(c2ccncc2)SC[C@H]1C(=O)N(c1ccccc1)[C@@H](C)C(=O)O. The molecule has 1 saturated heterocycles. The highest BCUT2D eigenvalue weighted by molar-refractivity contribution is 8.14. The lowest BCUT2D eigenvalue weighted by Gasteiger charge is -2.35. The average Bonchev–Trinajstić information content (AvgIpc) is 3.42. The van der Waals surface area contributed by atoms with Gasteiger partial charge >= 0.3 is 5.97 Å². The van der Waals surface area contributed by atoms with Gasteiger partial charge in [-0.05, 0) is 36.8 Å². The van der Waals surface area contributed by atoms with Gasteiger partial charge in [-0.3, -0.25) is 24.3 Å². The Hall–Kier alpha value is -3.63. The number of carbonyl (C=O) groups is 4. The number of hydrogen-bond donors (Lipinski definition) is 1. The van der Waals surface area contributed by atoms with Crippen LogP contribution in [0.25, 0.3) is 0 Å². The summed E-state index contributed by atoms with van der Waals surface area (Å²) in [6.45, 7) is 3.20. The molecule has 0 saturated carbocycles. The smallest absolute Gasteiger partial charge is 0.326 e. The molecule has 202 valence electrons. The molecule has 10 heteroatoms. The minimum atomic E-state index is -1.15. The maximum Gasteiger partial charge on any atom is 0.326 e. The Bertz CT molecular complexity index is 1310. The second-order valence-corrected chi connectivity index (χ2v) is 11.3. The van der Waals surface area contributed by atoms with Gasteiger partial charge in [-0.15, -0.1) is 11.8 Å². The van der Waals surface area contributed by atoms with Crippen LogP contribution in [0.4, 0.5) is 5.69 Å². The van der Waals surface area contributed by atoms with Gasteiger partial charge < -0.3 is 10.0 Å². The van der Waals surface area contributed by atoms with Gasteiger partial charge in [-0.2, -0.15) is 0 Å². The largest absolute Gasteiger partial charge is 0.480 e. The standard InChI is InChI=1S/C29H29N3O5S2/c1-19(17-39-29(37)22-9-5-3-6-10-22)25(33)32-24(18-38-27(32)21-13-15-30-16-14-21)26(34)31(20(2)28(35)36)23-11-7-4-8-12-23/h3-16,19-20,24,27H,17-18H2,1-2H3,(H,35,36)/t19-,20+,24+,27?/m1/s1. The van der Waals surface area contributed by atoms with Crippen molar-refractivity contribution in [2.75, 3.05) is 16.4 Å². The average molecular weight is 564 g/mol. The molecule has 1 aromatic heterocycles. The van der Waals surface area contributed by atoms with Crippen molar-refractivity contribution < 1.29 is 24.3 Å². The number of carboxylic acid groups (broad SMARTS) is 1. The molecule has 0 spiro atoms. The minimum absolute atomic E-state index is 0.130. The number of hydrogen-bond acceptors (Lipinski definition) is 7. The summed E-state index contributed by atoms with van der Waals surface area (Å²) in [5.74, 6) is -1.91. The van der Waals surface area contributed by atoms with Crippen LogP contribution in [0.2, 0.25) is 0 Å². The first-order chi connectivity index (χ1) is 18.8. The third kappa shape index (κ3) is 6.51. The number of anilines is 1. The fourth-order valence-corrected chi connectivity index (χ4v) is 6.61. The van der Waals surface area contributed by atoms with Gasteiger partial charge in [-0.1, -0.05) is 67.2 Å². The summed E-state index contributed by atoms with van der Waals surface area (Å²) in [6.07, 6.45) is 3.27. The fourth-order valence-electron chi connectivity index (χ4n) is 4.34. The van der Waals surface area contributed by atoms with Crippen LogP contribution in [-0.2, 0) is 14.4 Å². The Labute approximate surface area is 235 Å². The van der Waals surface area contributed by atoms with Crippen molar-refractivity contribution in [1.82, 2.24) is 9.88 Å². The number of carbonyl (C=O) groups excluding carboxylic acids is 3. The van der Waals surface area contributed by atoms with Crippen LogP contribution in [0.15, 0.2) is 85.2 Å². The van der Waals surface area contributed by atoms with Gasteiger partial charge in [-0.25, -0.2) is 4.79 Å². The van der Waals surface area contributed by atoms with Gasteiger partial charge in [0.25, 0.3) is 5.91 Å². The summed E-state index contributed by atoms with van der Waals surface area (Å²) >= 11 is 2.52. The number of carboxylic acids is 1. The molecule has 0 radical (unpaired) electrons. The first kappa shape index (κ1) is 28.4. The number of rotatable bonds is 9. The monoisotopic (exact) mass is 563 g/mol. The highest BCUT2D eigenvalue weighted by atomic mass is 32.2. The molecule has 3 aromatic rings. The van der Waals surface area contributed by atoms with E-state index in [9.17, 15) is 24.3 Å². The molecule has 0 bridgehead atoms. The highest BCUT2D eigenvalue weighted by Crippen LogP contribution is 2.43. The highest BCUT2D eigenvalue weighted by Gasteiger charge is 2.46. The lowest BCUT2D eigenvalue weighted by Crippen LogP contribution is -2.54. The van der Waals surface area contributed by atoms with E-state index in [1.165, 1.54) is 23.6 Å². The van der Waals surface area contributed by atoms with Crippen LogP contribution in [-0.4, -0.2) is 61.5 Å². The molecule has 1 aliphatic heterocycles. The van der Waals surface area contributed by atoms with Crippen molar-refractivity contribution in [2.24, 2.45) is 5.92 Å². The maximum atomic E-state index is 14.0. The van der Waals surface area contributed by atoms with Crippen LogP contribution < -0.4 is 4.90 Å². The molecule has 0 aliphatic carbocycles. The van der Waals surface area contributed by atoms with Gasteiger partial charge in [0.2, 0.25) is 11.0 Å². The molecule has 1 fully saturated rings. The minimum Gasteiger partial charge on any atom is -0.480 e. The molecule has 4 rings (SSSR count). The Morgan fingerprint density at radius 1 is 1.00 bits per heavy atom. The second kappa shape index (κ2) is 12.9. The van der Waals surface area contributed by atoms with E-state index in [0.717, 1.165) is 17.3 Å². The zero-order valence-electron chi connectivity index (χ0n) is 21.5. The number of para-hydroxylation sites is 1. The predicted molar refractivity (Wildman–Crippen MR) is 153 cm³/mol. The molecule has 8 nitrogen and oxygen atoms in total.